The molecule has 2 aromatic rings. The van der Waals surface area contributed by atoms with Crippen LogP contribution in [0.3, 0.4) is 0 Å². The first-order valence-corrected chi connectivity index (χ1v) is 8.21. The van der Waals surface area contributed by atoms with E-state index < -0.39 is 0 Å². The fourth-order valence-electron chi connectivity index (χ4n) is 2.67. The van der Waals surface area contributed by atoms with E-state index in [0.29, 0.717) is 22.9 Å². The van der Waals surface area contributed by atoms with Crippen LogP contribution in [0.15, 0.2) is 48.5 Å². The summed E-state index contributed by atoms with van der Waals surface area (Å²) in [6.45, 7) is 8.83. The van der Waals surface area contributed by atoms with Gasteiger partial charge in [0.25, 0.3) is 5.91 Å². The summed E-state index contributed by atoms with van der Waals surface area (Å²) in [6.07, 6.45) is 0. The molecular formula is C20H24N2O2. The summed E-state index contributed by atoms with van der Waals surface area (Å²) in [5.74, 6) is -0.210. The van der Waals surface area contributed by atoms with Crippen LogP contribution in [0.4, 0.5) is 11.4 Å². The molecule has 0 atom stereocenters. The van der Waals surface area contributed by atoms with E-state index in [2.05, 4.69) is 31.0 Å². The Kier molecular flexibility index (Phi) is 5.74. The predicted octanol–water partition coefficient (Wildman–Crippen LogP) is 4.38. The van der Waals surface area contributed by atoms with E-state index in [0.717, 1.165) is 12.2 Å². The number of nitrogens with one attached hydrogen (secondary N) is 1. The van der Waals surface area contributed by atoms with Crippen LogP contribution in [-0.2, 0) is 0 Å². The molecule has 24 heavy (non-hydrogen) atoms. The summed E-state index contributed by atoms with van der Waals surface area (Å²) in [7, 11) is 0. The van der Waals surface area contributed by atoms with Crippen molar-refractivity contribution >= 4 is 23.1 Å². The molecular weight excluding hydrogens is 300 g/mol. The number of rotatable bonds is 6. The van der Waals surface area contributed by atoms with E-state index in [9.17, 15) is 9.59 Å². The Balaban J connectivity index is 2.13. The fraction of sp³-hybridized carbons (Fsp3) is 0.300. The molecule has 2 aromatic carbocycles. The number of benzene rings is 2. The molecule has 0 fully saturated rings. The second-order valence-electron chi connectivity index (χ2n) is 6.02. The van der Waals surface area contributed by atoms with Crippen LogP contribution in [0.1, 0.15) is 48.4 Å². The Morgan fingerprint density at radius 3 is 2.25 bits per heavy atom. The first kappa shape index (κ1) is 17.7. The lowest BCUT2D eigenvalue weighted by molar-refractivity contribution is 0.101. The van der Waals surface area contributed by atoms with Gasteiger partial charge in [0, 0.05) is 35.1 Å². The average Bonchev–Trinajstić information content (AvgIpc) is 2.56. The maximum Gasteiger partial charge on any atom is 0.255 e. The van der Waals surface area contributed by atoms with Gasteiger partial charge in [-0.25, -0.2) is 0 Å². The second-order valence-corrected chi connectivity index (χ2v) is 6.02. The fourth-order valence-corrected chi connectivity index (χ4v) is 2.67. The van der Waals surface area contributed by atoms with Crippen molar-refractivity contribution in [3.8, 4) is 0 Å². The van der Waals surface area contributed by atoms with Crippen molar-refractivity contribution in [2.24, 2.45) is 0 Å². The van der Waals surface area contributed by atoms with Crippen LogP contribution in [0.25, 0.3) is 0 Å². The minimum Gasteiger partial charge on any atom is -0.369 e. The van der Waals surface area contributed by atoms with Crippen LogP contribution in [0.2, 0.25) is 0 Å². The van der Waals surface area contributed by atoms with Crippen molar-refractivity contribution in [1.82, 2.24) is 0 Å². The van der Waals surface area contributed by atoms with Crippen molar-refractivity contribution in [3.05, 3.63) is 59.7 Å². The summed E-state index contributed by atoms with van der Waals surface area (Å²) in [5.41, 5.74) is 2.89. The van der Waals surface area contributed by atoms with Gasteiger partial charge in [0.15, 0.2) is 5.78 Å². The van der Waals surface area contributed by atoms with Crippen LogP contribution in [0, 0.1) is 0 Å². The highest BCUT2D eigenvalue weighted by atomic mass is 16.1. The van der Waals surface area contributed by atoms with Gasteiger partial charge in [-0.2, -0.15) is 0 Å². The Labute approximate surface area is 143 Å². The maximum absolute atomic E-state index is 12.4. The van der Waals surface area contributed by atoms with Crippen molar-refractivity contribution in [2.75, 3.05) is 16.8 Å². The molecule has 0 bridgehead atoms. The van der Waals surface area contributed by atoms with Gasteiger partial charge in [-0.3, -0.25) is 9.59 Å². The Morgan fingerprint density at radius 1 is 1.04 bits per heavy atom. The first-order chi connectivity index (χ1) is 11.4. The largest absolute Gasteiger partial charge is 0.369 e. The van der Waals surface area contributed by atoms with E-state index in [-0.39, 0.29) is 11.7 Å². The number of amides is 1. The third kappa shape index (κ3) is 4.22. The van der Waals surface area contributed by atoms with E-state index in [1.54, 1.807) is 24.3 Å². The number of nitrogens with zero attached hydrogens (tertiary/aromatic N) is 1. The lowest BCUT2D eigenvalue weighted by Crippen LogP contribution is -2.30. The van der Waals surface area contributed by atoms with Crippen molar-refractivity contribution in [2.45, 2.75) is 33.7 Å². The third-order valence-corrected chi connectivity index (χ3v) is 3.95. The molecule has 0 aromatic heterocycles. The van der Waals surface area contributed by atoms with Crippen molar-refractivity contribution in [1.29, 1.82) is 0 Å². The zero-order valence-corrected chi connectivity index (χ0v) is 14.7. The SMILES string of the molecule is CCN(c1ccc(C(=O)Nc2cccc(C(C)=O)c2)cc1)C(C)C. The van der Waals surface area contributed by atoms with Crippen LogP contribution >= 0.6 is 0 Å². The molecule has 126 valence electrons. The second kappa shape index (κ2) is 7.77. The molecule has 0 saturated carbocycles. The Hall–Kier alpha value is -2.62. The molecule has 0 heterocycles. The van der Waals surface area contributed by atoms with Crippen molar-refractivity contribution < 1.29 is 9.59 Å². The number of ketones is 1. The molecule has 0 aliphatic carbocycles. The molecule has 4 nitrogen and oxygen atoms in total. The molecule has 0 spiro atoms. The van der Waals surface area contributed by atoms with Gasteiger partial charge in [0.05, 0.1) is 0 Å². The molecule has 0 radical (unpaired) electrons. The standard InChI is InChI=1S/C20H24N2O2/c1-5-22(14(2)3)19-11-9-16(10-12-19)20(24)21-18-8-6-7-17(13-18)15(4)23/h6-14H,5H2,1-4H3,(H,21,24). The molecule has 1 N–H and O–H groups in total. The van der Waals surface area contributed by atoms with Gasteiger partial charge < -0.3 is 10.2 Å². The van der Waals surface area contributed by atoms with Crippen molar-refractivity contribution in [3.63, 3.8) is 0 Å². The molecule has 0 aliphatic heterocycles. The van der Waals surface area contributed by atoms with E-state index >= 15 is 0 Å². The molecule has 0 aliphatic rings. The van der Waals surface area contributed by atoms with Gasteiger partial charge in [-0.1, -0.05) is 12.1 Å². The summed E-state index contributed by atoms with van der Waals surface area (Å²) in [4.78, 5) is 26.1. The summed E-state index contributed by atoms with van der Waals surface area (Å²) in [6, 6.07) is 14.9. The van der Waals surface area contributed by atoms with E-state index in [4.69, 9.17) is 0 Å². The zero-order chi connectivity index (χ0) is 17.7. The Morgan fingerprint density at radius 2 is 1.71 bits per heavy atom. The number of hydrogen-bond donors (Lipinski definition) is 1. The van der Waals surface area contributed by atoms with E-state index in [1.807, 2.05) is 24.3 Å². The quantitative estimate of drug-likeness (QED) is 0.802. The lowest BCUT2D eigenvalue weighted by Gasteiger charge is -2.27. The number of hydrogen-bond acceptors (Lipinski definition) is 3. The monoisotopic (exact) mass is 324 g/mol. The minimum atomic E-state index is -0.185. The molecule has 1 amide bonds. The van der Waals surface area contributed by atoms with Crippen LogP contribution in [0.5, 0.6) is 0 Å². The highest BCUT2D eigenvalue weighted by molar-refractivity contribution is 6.05. The first-order valence-electron chi connectivity index (χ1n) is 8.21. The van der Waals surface area contributed by atoms with Gasteiger partial charge in [-0.05, 0) is 64.1 Å². The number of carbonyl (C=O) groups is 2. The van der Waals surface area contributed by atoms with Crippen LogP contribution in [-0.4, -0.2) is 24.3 Å². The summed E-state index contributed by atoms with van der Waals surface area (Å²) >= 11 is 0. The average molecular weight is 324 g/mol. The predicted molar refractivity (Wildman–Crippen MR) is 99.0 cm³/mol. The van der Waals surface area contributed by atoms with Gasteiger partial charge in [0.2, 0.25) is 0 Å². The lowest BCUT2D eigenvalue weighted by atomic mass is 10.1. The maximum atomic E-state index is 12.4. The van der Waals surface area contributed by atoms with Gasteiger partial charge in [0.1, 0.15) is 0 Å². The molecule has 4 heteroatoms. The van der Waals surface area contributed by atoms with Gasteiger partial charge in [-0.15, -0.1) is 0 Å². The normalized spacial score (nSPS) is 10.5. The Bertz CT molecular complexity index is 721. The van der Waals surface area contributed by atoms with Crippen LogP contribution < -0.4 is 10.2 Å². The molecule has 2 rings (SSSR count). The number of anilines is 2. The molecule has 0 saturated heterocycles. The molecule has 0 unspecified atom stereocenters. The van der Waals surface area contributed by atoms with E-state index in [1.165, 1.54) is 6.92 Å². The zero-order valence-electron chi connectivity index (χ0n) is 14.7. The minimum absolute atomic E-state index is 0.0243. The summed E-state index contributed by atoms with van der Waals surface area (Å²) in [5, 5.41) is 2.83. The highest BCUT2D eigenvalue weighted by Gasteiger charge is 2.11. The van der Waals surface area contributed by atoms with Gasteiger partial charge >= 0.3 is 0 Å². The number of carbonyl (C=O) groups excluding carboxylic acids is 2. The number of Topliss-reactive ketones (excluding diaryl/α,β-unsaturated/α-hetero) is 1. The summed E-state index contributed by atoms with van der Waals surface area (Å²) < 4.78 is 0. The third-order valence-electron chi connectivity index (χ3n) is 3.95. The smallest absolute Gasteiger partial charge is 0.255 e. The topological polar surface area (TPSA) is 49.4 Å². The highest BCUT2D eigenvalue weighted by Crippen LogP contribution is 2.19.